The summed E-state index contributed by atoms with van der Waals surface area (Å²) in [5.41, 5.74) is -0.827. The second-order valence-electron chi connectivity index (χ2n) is 3.90. The van der Waals surface area contributed by atoms with E-state index in [9.17, 15) is 9.50 Å². The van der Waals surface area contributed by atoms with Crippen molar-refractivity contribution in [1.29, 1.82) is 0 Å². The molecule has 1 heterocycles. The van der Waals surface area contributed by atoms with Crippen molar-refractivity contribution in [2.24, 2.45) is 0 Å². The Balaban J connectivity index is 2.62. The molecular formula is C12H13FO2. The number of hydrogen-bond acceptors (Lipinski definition) is 2. The molecule has 0 amide bonds. The normalized spacial score (nSPS) is 15.5. The summed E-state index contributed by atoms with van der Waals surface area (Å²) in [5, 5.41) is 10.6. The molecule has 1 atom stereocenters. The second-order valence-corrected chi connectivity index (χ2v) is 3.90. The maximum Gasteiger partial charge on any atom is 0.170 e. The molecule has 80 valence electrons. The Morgan fingerprint density at radius 2 is 2.20 bits per heavy atom. The van der Waals surface area contributed by atoms with Gasteiger partial charge >= 0.3 is 0 Å². The van der Waals surface area contributed by atoms with Gasteiger partial charge in [-0.25, -0.2) is 4.39 Å². The van der Waals surface area contributed by atoms with E-state index in [1.165, 1.54) is 6.07 Å². The molecule has 0 aliphatic carbocycles. The van der Waals surface area contributed by atoms with Gasteiger partial charge in [0.1, 0.15) is 11.4 Å². The van der Waals surface area contributed by atoms with Crippen molar-refractivity contribution in [2.45, 2.75) is 25.9 Å². The molecule has 0 spiro atoms. The molecule has 0 aliphatic heterocycles. The molecule has 1 unspecified atom stereocenters. The second kappa shape index (κ2) is 3.35. The smallest absolute Gasteiger partial charge is 0.170 e. The van der Waals surface area contributed by atoms with E-state index in [1.54, 1.807) is 25.1 Å². The largest absolute Gasteiger partial charge is 0.455 e. The number of fused-ring (bicyclic) bond motifs is 1. The molecule has 0 bridgehead atoms. The van der Waals surface area contributed by atoms with Gasteiger partial charge < -0.3 is 9.52 Å². The number of furan rings is 1. The zero-order valence-electron chi connectivity index (χ0n) is 8.75. The van der Waals surface area contributed by atoms with Gasteiger partial charge in [-0.3, -0.25) is 0 Å². The molecule has 2 aromatic rings. The quantitative estimate of drug-likeness (QED) is 0.822. The highest BCUT2D eigenvalue weighted by Crippen LogP contribution is 2.30. The van der Waals surface area contributed by atoms with Crippen LogP contribution in [0.15, 0.2) is 28.7 Å². The number of halogens is 1. The monoisotopic (exact) mass is 208 g/mol. The van der Waals surface area contributed by atoms with Crippen molar-refractivity contribution < 1.29 is 13.9 Å². The fourth-order valence-corrected chi connectivity index (χ4v) is 1.47. The van der Waals surface area contributed by atoms with E-state index >= 15 is 0 Å². The predicted octanol–water partition coefficient (Wildman–Crippen LogP) is 3.19. The van der Waals surface area contributed by atoms with Crippen LogP contribution in [0.25, 0.3) is 11.0 Å². The first-order valence-electron chi connectivity index (χ1n) is 4.95. The summed E-state index contributed by atoms with van der Waals surface area (Å²) in [4.78, 5) is 0. The van der Waals surface area contributed by atoms with Crippen LogP contribution < -0.4 is 0 Å². The summed E-state index contributed by atoms with van der Waals surface area (Å²) >= 11 is 0. The highest BCUT2D eigenvalue weighted by Gasteiger charge is 2.25. The summed E-state index contributed by atoms with van der Waals surface area (Å²) in [7, 11) is 0. The Morgan fingerprint density at radius 1 is 1.47 bits per heavy atom. The molecule has 1 aromatic carbocycles. The van der Waals surface area contributed by atoms with Crippen molar-refractivity contribution in [3.8, 4) is 0 Å². The lowest BCUT2D eigenvalue weighted by Crippen LogP contribution is -2.18. The Bertz CT molecular complexity index is 485. The van der Waals surface area contributed by atoms with Gasteiger partial charge in [0, 0.05) is 5.39 Å². The van der Waals surface area contributed by atoms with Gasteiger partial charge in [0.2, 0.25) is 0 Å². The first kappa shape index (κ1) is 10.2. The number of hydrogen-bond donors (Lipinski definition) is 1. The Kier molecular flexibility index (Phi) is 2.27. The van der Waals surface area contributed by atoms with Crippen LogP contribution in [0.2, 0.25) is 0 Å². The van der Waals surface area contributed by atoms with Crippen molar-refractivity contribution in [2.75, 3.05) is 0 Å². The van der Waals surface area contributed by atoms with Crippen LogP contribution in [0.1, 0.15) is 26.0 Å². The summed E-state index contributed by atoms with van der Waals surface area (Å²) in [6, 6.07) is 6.41. The van der Waals surface area contributed by atoms with Gasteiger partial charge in [0.05, 0.1) is 0 Å². The van der Waals surface area contributed by atoms with Crippen LogP contribution in [0.3, 0.4) is 0 Å². The summed E-state index contributed by atoms with van der Waals surface area (Å²) < 4.78 is 18.6. The van der Waals surface area contributed by atoms with Crippen molar-refractivity contribution in [3.63, 3.8) is 0 Å². The summed E-state index contributed by atoms with van der Waals surface area (Å²) in [5.74, 6) is 0.00996. The maximum absolute atomic E-state index is 13.3. The minimum absolute atomic E-state index is 0.209. The molecular weight excluding hydrogens is 195 g/mol. The van der Waals surface area contributed by atoms with E-state index < -0.39 is 11.4 Å². The standard InChI is InChI=1S/C12H13FO2/c1-3-12(2,14)10-7-8-5-4-6-9(13)11(8)15-10/h4-7,14H,3H2,1-2H3. The molecule has 0 saturated carbocycles. The van der Waals surface area contributed by atoms with Gasteiger partial charge in [-0.1, -0.05) is 19.1 Å². The molecule has 0 aliphatic rings. The zero-order valence-corrected chi connectivity index (χ0v) is 8.75. The average molecular weight is 208 g/mol. The number of aliphatic hydroxyl groups is 1. The Labute approximate surface area is 87.3 Å². The minimum atomic E-state index is -1.04. The fourth-order valence-electron chi connectivity index (χ4n) is 1.47. The number of benzene rings is 1. The SMILES string of the molecule is CCC(C)(O)c1cc2cccc(F)c2o1. The van der Waals surface area contributed by atoms with Gasteiger partial charge in [-0.2, -0.15) is 0 Å². The van der Waals surface area contributed by atoms with Crippen LogP contribution in [-0.4, -0.2) is 5.11 Å². The lowest BCUT2D eigenvalue weighted by atomic mass is 10.0. The summed E-state index contributed by atoms with van der Waals surface area (Å²) in [6.07, 6.45) is 0.522. The van der Waals surface area contributed by atoms with E-state index in [0.29, 0.717) is 17.6 Å². The Morgan fingerprint density at radius 3 is 2.80 bits per heavy atom. The zero-order chi connectivity index (χ0) is 11.1. The maximum atomic E-state index is 13.3. The minimum Gasteiger partial charge on any atom is -0.455 e. The van der Waals surface area contributed by atoms with E-state index in [4.69, 9.17) is 4.42 Å². The highest BCUT2D eigenvalue weighted by molar-refractivity contribution is 5.78. The van der Waals surface area contributed by atoms with E-state index in [2.05, 4.69) is 0 Å². The molecule has 0 fully saturated rings. The van der Waals surface area contributed by atoms with Crippen LogP contribution in [0.4, 0.5) is 4.39 Å². The van der Waals surface area contributed by atoms with Crippen LogP contribution in [0, 0.1) is 5.82 Å². The van der Waals surface area contributed by atoms with E-state index in [-0.39, 0.29) is 5.58 Å². The average Bonchev–Trinajstić information content (AvgIpc) is 2.64. The first-order chi connectivity index (χ1) is 7.04. The third-order valence-electron chi connectivity index (χ3n) is 2.72. The van der Waals surface area contributed by atoms with Gasteiger partial charge in [-0.15, -0.1) is 0 Å². The van der Waals surface area contributed by atoms with Gasteiger partial charge in [0.25, 0.3) is 0 Å². The lowest BCUT2D eigenvalue weighted by molar-refractivity contribution is 0.0316. The molecule has 2 nitrogen and oxygen atoms in total. The fraction of sp³-hybridized carbons (Fsp3) is 0.333. The van der Waals surface area contributed by atoms with Crippen molar-refractivity contribution in [3.05, 3.63) is 35.8 Å². The Hall–Kier alpha value is -1.35. The molecule has 15 heavy (non-hydrogen) atoms. The predicted molar refractivity (Wildman–Crippen MR) is 56.0 cm³/mol. The van der Waals surface area contributed by atoms with Crippen molar-refractivity contribution >= 4 is 11.0 Å². The third-order valence-corrected chi connectivity index (χ3v) is 2.72. The first-order valence-corrected chi connectivity index (χ1v) is 4.95. The molecule has 1 aromatic heterocycles. The van der Waals surface area contributed by atoms with Gasteiger partial charge in [0.15, 0.2) is 11.4 Å². The van der Waals surface area contributed by atoms with E-state index in [0.717, 1.165) is 0 Å². The highest BCUT2D eigenvalue weighted by atomic mass is 19.1. The van der Waals surface area contributed by atoms with Crippen LogP contribution in [-0.2, 0) is 5.60 Å². The molecule has 0 saturated heterocycles. The molecule has 1 N–H and O–H groups in total. The molecule has 2 rings (SSSR count). The molecule has 0 radical (unpaired) electrons. The lowest BCUT2D eigenvalue weighted by Gasteiger charge is -2.17. The van der Waals surface area contributed by atoms with Crippen molar-refractivity contribution in [1.82, 2.24) is 0 Å². The molecule has 3 heteroatoms. The van der Waals surface area contributed by atoms with Crippen LogP contribution in [0.5, 0.6) is 0 Å². The van der Waals surface area contributed by atoms with Crippen LogP contribution >= 0.6 is 0 Å². The van der Waals surface area contributed by atoms with E-state index in [1.807, 2.05) is 6.92 Å². The topological polar surface area (TPSA) is 33.4 Å². The summed E-state index contributed by atoms with van der Waals surface area (Å²) in [6.45, 7) is 3.51. The van der Waals surface area contributed by atoms with Gasteiger partial charge in [-0.05, 0) is 25.5 Å². The number of para-hydroxylation sites is 1. The third kappa shape index (κ3) is 1.63. The number of rotatable bonds is 2.